The number of fused-ring (bicyclic) bond motifs is 3. The Morgan fingerprint density at radius 2 is 1.68 bits per heavy atom. The van der Waals surface area contributed by atoms with E-state index < -0.39 is 35.1 Å². The van der Waals surface area contributed by atoms with E-state index in [-0.39, 0.29) is 36.9 Å². The van der Waals surface area contributed by atoms with Crippen LogP contribution < -0.4 is 10.6 Å². The number of ether oxygens (including phenoxy) is 1. The monoisotopic (exact) mass is 890 g/mol. The third kappa shape index (κ3) is 8.89. The number of hydrogen-bond acceptors (Lipinski definition) is 11. The average Bonchev–Trinajstić information content (AvgIpc) is 3.43. The zero-order valence-corrected chi connectivity index (χ0v) is 39.2. The second-order valence-corrected chi connectivity index (χ2v) is 20.5. The number of thiophene rings is 1. The first-order chi connectivity index (χ1) is 30.0. The average molecular weight is 891 g/mol. The fourth-order valence-corrected chi connectivity index (χ4v) is 10.7. The quantitative estimate of drug-likeness (QED) is 0.103. The van der Waals surface area contributed by atoms with Crippen molar-refractivity contribution < 1.29 is 24.2 Å². The van der Waals surface area contributed by atoms with Gasteiger partial charge in [-0.15, -0.1) is 32.9 Å². The van der Waals surface area contributed by atoms with E-state index in [2.05, 4.69) is 75.4 Å². The molecule has 2 fully saturated rings. The van der Waals surface area contributed by atoms with Gasteiger partial charge in [0.25, 0.3) is 5.91 Å². The van der Waals surface area contributed by atoms with Crippen molar-refractivity contribution in [3.8, 4) is 15.4 Å². The predicted octanol–water partition coefficient (Wildman–Crippen LogP) is 7.45. The summed E-state index contributed by atoms with van der Waals surface area (Å²) in [5, 5.41) is 26.8. The lowest BCUT2D eigenvalue weighted by Crippen LogP contribution is -2.59. The zero-order chi connectivity index (χ0) is 45.0. The Kier molecular flexibility index (Phi) is 12.3. The summed E-state index contributed by atoms with van der Waals surface area (Å²) >= 11 is 3.33. The summed E-state index contributed by atoms with van der Waals surface area (Å²) in [6.45, 7) is 18.3. The van der Waals surface area contributed by atoms with E-state index in [9.17, 15) is 19.5 Å². The number of β-amino-alcohol motifs (C(OH)–C–C–N with tert-alkyl or cyclic N) is 1. The number of carbonyl (C=O) groups is 3. The normalized spacial score (nSPS) is 20.0. The highest BCUT2D eigenvalue weighted by molar-refractivity contribution is 7.15. The molecule has 0 radical (unpaired) electrons. The Morgan fingerprint density at radius 3 is 2.33 bits per heavy atom. The first kappa shape index (κ1) is 44.5. The summed E-state index contributed by atoms with van der Waals surface area (Å²) in [5.41, 5.74) is 8.60. The summed E-state index contributed by atoms with van der Waals surface area (Å²) in [5.74, 6) is 0.630. The van der Waals surface area contributed by atoms with Crippen LogP contribution in [0.5, 0.6) is 0 Å². The lowest BCUT2D eigenvalue weighted by molar-refractivity contribution is -0.147. The third-order valence-corrected chi connectivity index (χ3v) is 14.9. The molecular formula is C48H58N8O5S2. The molecule has 13 nitrogen and oxygen atoms in total. The molecule has 5 atom stereocenters. The number of thiazole rings is 1. The maximum Gasteiger partial charge on any atom is 0.252 e. The SMILES string of the molecule is Cc1ncsc1-c1ccc([C@H](C)NC(=O)[C@@H]2C[C@@H](O)CN2C(=O)C(NC(=O)C2(OCCCc3ccc(C4=N[C@@H](C)c5nnc(C)n5-c5sc(C)c(C)c54)cc3)CC2)C(C)(C)C)cc1. The van der Waals surface area contributed by atoms with E-state index in [1.165, 1.54) is 15.3 Å². The number of nitrogens with zero attached hydrogens (tertiary/aromatic N) is 6. The number of aliphatic hydroxyl groups excluding tert-OH is 1. The maximum atomic E-state index is 14.3. The number of aliphatic hydroxyl groups is 1. The van der Waals surface area contributed by atoms with E-state index in [0.29, 0.717) is 25.9 Å². The van der Waals surface area contributed by atoms with Crippen LogP contribution in [0.15, 0.2) is 59.0 Å². The van der Waals surface area contributed by atoms with Crippen molar-refractivity contribution in [3.63, 3.8) is 0 Å². The smallest absolute Gasteiger partial charge is 0.252 e. The summed E-state index contributed by atoms with van der Waals surface area (Å²) in [4.78, 5) is 55.3. The second kappa shape index (κ2) is 17.5. The van der Waals surface area contributed by atoms with Crippen LogP contribution in [0.2, 0.25) is 0 Å². The first-order valence-corrected chi connectivity index (χ1v) is 23.6. The molecule has 3 aliphatic rings. The number of hydrogen-bond donors (Lipinski definition) is 3. The van der Waals surface area contributed by atoms with Crippen LogP contribution in [0.1, 0.15) is 122 Å². The van der Waals surface area contributed by atoms with E-state index in [1.54, 1.807) is 22.7 Å². The van der Waals surface area contributed by atoms with Crippen LogP contribution >= 0.6 is 22.7 Å². The Morgan fingerprint density at radius 1 is 0.984 bits per heavy atom. The van der Waals surface area contributed by atoms with Gasteiger partial charge in [0.05, 0.1) is 33.9 Å². The number of aliphatic imine (C=N–C) groups is 1. The molecule has 5 aromatic rings. The third-order valence-electron chi connectivity index (χ3n) is 12.7. The van der Waals surface area contributed by atoms with Gasteiger partial charge in [0.15, 0.2) is 5.82 Å². The largest absolute Gasteiger partial charge is 0.391 e. The van der Waals surface area contributed by atoms with Gasteiger partial charge in [-0.25, -0.2) is 4.98 Å². The molecule has 1 saturated carbocycles. The molecule has 15 heteroatoms. The zero-order valence-electron chi connectivity index (χ0n) is 37.6. The van der Waals surface area contributed by atoms with E-state index in [1.807, 2.05) is 71.3 Å². The molecule has 2 aliphatic heterocycles. The molecule has 0 spiro atoms. The molecule has 5 heterocycles. The standard InChI is InChI=1S/C48H58N8O5S2/c1-26-30(5)63-45-38(26)39(50-29(4)42-54-53-31(6)56(42)45)34-14-12-32(13-15-34)11-10-22-61-48(20-21-48)46(60)52-41(47(7,8)9)44(59)55-24-36(57)23-37(55)43(58)51-27(2)33-16-18-35(19-17-33)40-28(3)49-25-62-40/h12-19,25,27,29,36-37,41,57H,10-11,20-24H2,1-9H3,(H,51,58)(H,52,60)/t27-,29-,36+,37-,41?/m0/s1. The first-order valence-electron chi connectivity index (χ1n) is 21.9. The van der Waals surface area contributed by atoms with Gasteiger partial charge in [-0.05, 0) is 94.9 Å². The van der Waals surface area contributed by atoms with Crippen LogP contribution in [-0.2, 0) is 25.5 Å². The highest BCUT2D eigenvalue weighted by Gasteiger charge is 2.54. The van der Waals surface area contributed by atoms with Gasteiger partial charge in [-0.3, -0.25) is 23.9 Å². The van der Waals surface area contributed by atoms with Gasteiger partial charge in [0.1, 0.15) is 34.6 Å². The number of aryl methyl sites for hydroxylation is 4. The van der Waals surface area contributed by atoms with E-state index in [0.717, 1.165) is 67.2 Å². The van der Waals surface area contributed by atoms with Crippen molar-refractivity contribution in [1.29, 1.82) is 0 Å². The van der Waals surface area contributed by atoms with Gasteiger partial charge in [0, 0.05) is 35.6 Å². The van der Waals surface area contributed by atoms with Crippen molar-refractivity contribution in [3.05, 3.63) is 104 Å². The van der Waals surface area contributed by atoms with Crippen LogP contribution in [0.25, 0.3) is 15.4 Å². The topological polar surface area (TPSA) is 164 Å². The highest BCUT2D eigenvalue weighted by atomic mass is 32.1. The minimum absolute atomic E-state index is 0.00417. The summed E-state index contributed by atoms with van der Waals surface area (Å²) < 4.78 is 8.44. The summed E-state index contributed by atoms with van der Waals surface area (Å²) in [7, 11) is 0. The van der Waals surface area contributed by atoms with Gasteiger partial charge in [0.2, 0.25) is 11.8 Å². The summed E-state index contributed by atoms with van der Waals surface area (Å²) in [6, 6.07) is 14.2. The lowest BCUT2D eigenvalue weighted by Gasteiger charge is -2.36. The minimum Gasteiger partial charge on any atom is -0.391 e. The number of rotatable bonds is 13. The number of aromatic nitrogens is 4. The number of benzene rings is 2. The van der Waals surface area contributed by atoms with Crippen molar-refractivity contribution in [2.24, 2.45) is 10.4 Å². The highest BCUT2D eigenvalue weighted by Crippen LogP contribution is 2.41. The number of amides is 3. The molecule has 1 unspecified atom stereocenters. The molecule has 3 amide bonds. The lowest BCUT2D eigenvalue weighted by atomic mass is 9.85. The predicted molar refractivity (Wildman–Crippen MR) is 247 cm³/mol. The Hall–Kier alpha value is -5.09. The molecule has 1 saturated heterocycles. The maximum absolute atomic E-state index is 14.3. The van der Waals surface area contributed by atoms with Crippen molar-refractivity contribution >= 4 is 46.1 Å². The molecule has 8 rings (SSSR count). The van der Waals surface area contributed by atoms with E-state index in [4.69, 9.17) is 9.73 Å². The Labute approximate surface area is 377 Å². The van der Waals surface area contributed by atoms with E-state index >= 15 is 0 Å². The van der Waals surface area contributed by atoms with Gasteiger partial charge in [-0.1, -0.05) is 69.3 Å². The number of nitrogens with one attached hydrogen (secondary N) is 2. The Balaban J connectivity index is 0.867. The van der Waals surface area contributed by atoms with Crippen LogP contribution in [0.4, 0.5) is 0 Å². The van der Waals surface area contributed by atoms with Crippen LogP contribution in [-0.4, -0.2) is 90.1 Å². The van der Waals surface area contributed by atoms with Gasteiger partial charge in [-0.2, -0.15) is 0 Å². The van der Waals surface area contributed by atoms with Gasteiger partial charge >= 0.3 is 0 Å². The molecule has 3 aromatic heterocycles. The summed E-state index contributed by atoms with van der Waals surface area (Å²) in [6.07, 6.45) is 1.86. The molecule has 332 valence electrons. The number of likely N-dealkylation sites (tertiary alicyclic amines) is 1. The van der Waals surface area contributed by atoms with Gasteiger partial charge < -0.3 is 25.4 Å². The minimum atomic E-state index is -0.997. The van der Waals surface area contributed by atoms with Crippen molar-refractivity contribution in [2.45, 2.75) is 130 Å². The molecule has 2 aromatic carbocycles. The fraction of sp³-hybridized carbons (Fsp3) is 0.479. The molecular weight excluding hydrogens is 833 g/mol. The molecule has 0 bridgehead atoms. The Bertz CT molecular complexity index is 2550. The number of carbonyl (C=O) groups excluding carboxylic acids is 3. The molecule has 63 heavy (non-hydrogen) atoms. The van der Waals surface area contributed by atoms with Crippen molar-refractivity contribution in [1.82, 2.24) is 35.3 Å². The second-order valence-electron chi connectivity index (χ2n) is 18.5. The molecule has 1 aliphatic carbocycles. The van der Waals surface area contributed by atoms with Crippen LogP contribution in [0, 0.1) is 33.1 Å². The van der Waals surface area contributed by atoms with Crippen molar-refractivity contribution in [2.75, 3.05) is 13.2 Å². The fourth-order valence-electron chi connectivity index (χ4n) is 8.68. The van der Waals surface area contributed by atoms with Crippen LogP contribution in [0.3, 0.4) is 0 Å². The molecule has 3 N–H and O–H groups in total.